The number of rotatable bonds is 1. The normalized spacial score (nSPS) is 20.8. The van der Waals surface area contributed by atoms with Crippen molar-refractivity contribution in [1.29, 1.82) is 0 Å². The molecule has 0 spiro atoms. The number of carbonyl (C=O) groups is 1. The molecule has 1 aliphatic rings. The number of aldehydes is 1. The first-order valence-corrected chi connectivity index (χ1v) is 4.65. The number of benzene rings is 1. The van der Waals surface area contributed by atoms with E-state index in [4.69, 9.17) is 5.73 Å². The first kappa shape index (κ1) is 8.45. The van der Waals surface area contributed by atoms with Crippen LogP contribution in [-0.4, -0.2) is 6.29 Å². The highest BCUT2D eigenvalue weighted by molar-refractivity contribution is 5.78. The van der Waals surface area contributed by atoms with Crippen LogP contribution in [-0.2, 0) is 6.42 Å². The van der Waals surface area contributed by atoms with Gasteiger partial charge in [0.05, 0.1) is 0 Å². The number of aryl methyl sites for hydroxylation is 1. The molecule has 2 N–H and O–H groups in total. The summed E-state index contributed by atoms with van der Waals surface area (Å²) < 4.78 is 0. The molecule has 0 fully saturated rings. The Morgan fingerprint density at radius 2 is 2.31 bits per heavy atom. The molecule has 1 aliphatic carbocycles. The minimum absolute atomic E-state index is 0.0603. The molecule has 68 valence electrons. The molecule has 0 saturated carbocycles. The van der Waals surface area contributed by atoms with Crippen molar-refractivity contribution < 1.29 is 4.79 Å². The first-order valence-electron chi connectivity index (χ1n) is 4.65. The van der Waals surface area contributed by atoms with Crippen molar-refractivity contribution in [1.82, 2.24) is 0 Å². The zero-order valence-corrected chi connectivity index (χ0v) is 7.49. The van der Waals surface area contributed by atoms with Crippen molar-refractivity contribution in [2.24, 2.45) is 5.73 Å². The molecule has 0 amide bonds. The second-order valence-corrected chi connectivity index (χ2v) is 3.54. The Kier molecular flexibility index (Phi) is 2.15. The maximum absolute atomic E-state index is 10.8. The third-order valence-corrected chi connectivity index (χ3v) is 2.69. The van der Waals surface area contributed by atoms with Crippen LogP contribution in [0.5, 0.6) is 0 Å². The monoisotopic (exact) mass is 175 g/mol. The van der Waals surface area contributed by atoms with E-state index in [0.29, 0.717) is 0 Å². The fourth-order valence-electron chi connectivity index (χ4n) is 2.06. The molecule has 0 heterocycles. The smallest absolute Gasteiger partial charge is 0.150 e. The van der Waals surface area contributed by atoms with Gasteiger partial charge in [0, 0.05) is 11.6 Å². The largest absolute Gasteiger partial charge is 0.324 e. The van der Waals surface area contributed by atoms with Crippen LogP contribution >= 0.6 is 0 Å². The third-order valence-electron chi connectivity index (χ3n) is 2.69. The lowest BCUT2D eigenvalue weighted by molar-refractivity contribution is 0.112. The Morgan fingerprint density at radius 3 is 3.08 bits per heavy atom. The van der Waals surface area contributed by atoms with Crippen LogP contribution in [0.25, 0.3) is 0 Å². The lowest BCUT2D eigenvalue weighted by atomic mass is 9.85. The van der Waals surface area contributed by atoms with E-state index in [2.05, 4.69) is 6.07 Å². The maximum atomic E-state index is 10.8. The van der Waals surface area contributed by atoms with Gasteiger partial charge >= 0.3 is 0 Å². The van der Waals surface area contributed by atoms with Crippen molar-refractivity contribution in [2.75, 3.05) is 0 Å². The van der Waals surface area contributed by atoms with Crippen molar-refractivity contribution in [3.05, 3.63) is 34.9 Å². The van der Waals surface area contributed by atoms with Crippen LogP contribution in [0, 0.1) is 0 Å². The number of carbonyl (C=O) groups excluding carboxylic acids is 1. The molecule has 2 rings (SSSR count). The van der Waals surface area contributed by atoms with E-state index in [-0.39, 0.29) is 6.04 Å². The molecule has 0 saturated heterocycles. The fraction of sp³-hybridized carbons (Fsp3) is 0.364. The van der Waals surface area contributed by atoms with Crippen molar-refractivity contribution >= 4 is 6.29 Å². The van der Waals surface area contributed by atoms with E-state index in [1.807, 2.05) is 12.1 Å². The minimum Gasteiger partial charge on any atom is -0.324 e. The van der Waals surface area contributed by atoms with E-state index in [0.717, 1.165) is 36.7 Å². The van der Waals surface area contributed by atoms with Gasteiger partial charge in [-0.1, -0.05) is 18.2 Å². The van der Waals surface area contributed by atoms with Gasteiger partial charge < -0.3 is 5.73 Å². The summed E-state index contributed by atoms with van der Waals surface area (Å²) in [7, 11) is 0. The summed E-state index contributed by atoms with van der Waals surface area (Å²) in [6.45, 7) is 0. The van der Waals surface area contributed by atoms with Gasteiger partial charge in [-0.25, -0.2) is 0 Å². The van der Waals surface area contributed by atoms with Crippen LogP contribution in [0.3, 0.4) is 0 Å². The lowest BCUT2D eigenvalue weighted by Gasteiger charge is -2.23. The molecule has 0 radical (unpaired) electrons. The predicted octanol–water partition coefficient (Wildman–Crippen LogP) is 1.84. The van der Waals surface area contributed by atoms with Crippen molar-refractivity contribution in [3.63, 3.8) is 0 Å². The SMILES string of the molecule is NC1CCCc2cccc(C=O)c21. The van der Waals surface area contributed by atoms with Crippen LogP contribution in [0.1, 0.15) is 40.4 Å². The van der Waals surface area contributed by atoms with Gasteiger partial charge in [-0.2, -0.15) is 0 Å². The van der Waals surface area contributed by atoms with Crippen LogP contribution in [0.15, 0.2) is 18.2 Å². The molecule has 2 heteroatoms. The lowest BCUT2D eigenvalue weighted by Crippen LogP contribution is -2.19. The molecule has 1 atom stereocenters. The highest BCUT2D eigenvalue weighted by Gasteiger charge is 2.19. The molecule has 0 aromatic heterocycles. The summed E-state index contributed by atoms with van der Waals surface area (Å²) in [4.78, 5) is 10.8. The van der Waals surface area contributed by atoms with Crippen molar-refractivity contribution in [2.45, 2.75) is 25.3 Å². The summed E-state index contributed by atoms with van der Waals surface area (Å²) in [5.74, 6) is 0. The number of hydrogen-bond acceptors (Lipinski definition) is 2. The molecule has 2 nitrogen and oxygen atoms in total. The zero-order valence-electron chi connectivity index (χ0n) is 7.49. The Hall–Kier alpha value is -1.15. The van der Waals surface area contributed by atoms with Gasteiger partial charge in [0.25, 0.3) is 0 Å². The fourth-order valence-corrected chi connectivity index (χ4v) is 2.06. The molecule has 0 bridgehead atoms. The van der Waals surface area contributed by atoms with Crippen molar-refractivity contribution in [3.8, 4) is 0 Å². The Morgan fingerprint density at radius 1 is 1.46 bits per heavy atom. The Labute approximate surface area is 77.8 Å². The van der Waals surface area contributed by atoms with Crippen LogP contribution in [0.4, 0.5) is 0 Å². The van der Waals surface area contributed by atoms with E-state index >= 15 is 0 Å². The average Bonchev–Trinajstić information content (AvgIpc) is 2.17. The summed E-state index contributed by atoms with van der Waals surface area (Å²) in [5, 5.41) is 0. The average molecular weight is 175 g/mol. The standard InChI is InChI=1S/C11H13NO/c12-10-6-2-4-8-3-1-5-9(7-13)11(8)10/h1,3,5,7,10H,2,4,6,12H2. The molecule has 0 aliphatic heterocycles. The third kappa shape index (κ3) is 1.38. The summed E-state index contributed by atoms with van der Waals surface area (Å²) in [6, 6.07) is 5.91. The summed E-state index contributed by atoms with van der Waals surface area (Å²) >= 11 is 0. The highest BCUT2D eigenvalue weighted by atomic mass is 16.1. The number of fused-ring (bicyclic) bond motifs is 1. The van der Waals surface area contributed by atoms with E-state index in [1.165, 1.54) is 5.56 Å². The van der Waals surface area contributed by atoms with Gasteiger partial charge in [0.15, 0.2) is 0 Å². The van der Waals surface area contributed by atoms with E-state index < -0.39 is 0 Å². The number of hydrogen-bond donors (Lipinski definition) is 1. The van der Waals surface area contributed by atoms with Gasteiger partial charge in [-0.15, -0.1) is 0 Å². The Bertz CT molecular complexity index is 333. The van der Waals surface area contributed by atoms with Gasteiger partial charge in [0.1, 0.15) is 6.29 Å². The first-order chi connectivity index (χ1) is 6.33. The van der Waals surface area contributed by atoms with E-state index in [9.17, 15) is 4.79 Å². The highest BCUT2D eigenvalue weighted by Crippen LogP contribution is 2.29. The van der Waals surface area contributed by atoms with Gasteiger partial charge in [-0.05, 0) is 30.4 Å². The molecular weight excluding hydrogens is 162 g/mol. The van der Waals surface area contributed by atoms with Crippen LogP contribution in [0.2, 0.25) is 0 Å². The minimum atomic E-state index is 0.0603. The molecule has 1 aromatic rings. The molecule has 13 heavy (non-hydrogen) atoms. The molecule has 1 unspecified atom stereocenters. The number of nitrogens with two attached hydrogens (primary N) is 1. The predicted molar refractivity (Wildman–Crippen MR) is 51.7 cm³/mol. The van der Waals surface area contributed by atoms with Gasteiger partial charge in [0.2, 0.25) is 0 Å². The van der Waals surface area contributed by atoms with Gasteiger partial charge in [-0.3, -0.25) is 4.79 Å². The molecular formula is C11H13NO. The summed E-state index contributed by atoms with van der Waals surface area (Å²) in [5.41, 5.74) is 9.06. The van der Waals surface area contributed by atoms with E-state index in [1.54, 1.807) is 0 Å². The zero-order chi connectivity index (χ0) is 9.26. The Balaban J connectivity index is 2.56. The second kappa shape index (κ2) is 3.30. The topological polar surface area (TPSA) is 43.1 Å². The second-order valence-electron chi connectivity index (χ2n) is 3.54. The maximum Gasteiger partial charge on any atom is 0.150 e. The van der Waals surface area contributed by atoms with Crippen LogP contribution < -0.4 is 5.73 Å². The quantitative estimate of drug-likeness (QED) is 0.662. The summed E-state index contributed by atoms with van der Waals surface area (Å²) in [6.07, 6.45) is 4.10. The molecule has 1 aromatic carbocycles.